The summed E-state index contributed by atoms with van der Waals surface area (Å²) in [5, 5.41) is 0. The smallest absolute Gasteiger partial charge is 0.305 e. The van der Waals surface area contributed by atoms with Crippen molar-refractivity contribution in [1.29, 1.82) is 0 Å². The van der Waals surface area contributed by atoms with Crippen LogP contribution in [0.1, 0.15) is 19.8 Å². The van der Waals surface area contributed by atoms with Crippen molar-refractivity contribution in [3.05, 3.63) is 12.1 Å². The van der Waals surface area contributed by atoms with E-state index in [0.29, 0.717) is 49.0 Å². The van der Waals surface area contributed by atoms with E-state index >= 15 is 0 Å². The van der Waals surface area contributed by atoms with E-state index in [2.05, 4.69) is 9.97 Å². The number of ether oxygens (including phenoxy) is 2. The molecule has 7 heteroatoms. The quantitative estimate of drug-likeness (QED) is 0.802. The first-order valence-corrected chi connectivity index (χ1v) is 6.48. The van der Waals surface area contributed by atoms with E-state index in [1.165, 1.54) is 0 Å². The van der Waals surface area contributed by atoms with Crippen molar-refractivity contribution >= 4 is 23.1 Å². The first-order valence-electron chi connectivity index (χ1n) is 6.48. The van der Waals surface area contributed by atoms with Crippen LogP contribution in [0.2, 0.25) is 0 Å². The molecule has 2 aromatic rings. The number of aryl methyl sites for hydroxylation is 1. The normalized spacial score (nSPS) is 10.7. The van der Waals surface area contributed by atoms with Crippen LogP contribution in [-0.2, 0) is 16.1 Å². The fraction of sp³-hybridized carbons (Fsp3) is 0.462. The molecule has 0 aliphatic carbocycles. The Balaban J connectivity index is 2.12. The standard InChI is InChI=1S/C13H18N4O3/c1-3-20-11(18)5-4-8-17-12-9(15-13(17)14)6-7-10(16-12)19-2/h6-7H,3-5,8H2,1-2H3,(H2,14,15). The molecule has 20 heavy (non-hydrogen) atoms. The molecular formula is C13H18N4O3. The molecule has 2 heterocycles. The third-order valence-electron chi connectivity index (χ3n) is 2.87. The van der Waals surface area contributed by atoms with Gasteiger partial charge < -0.3 is 15.2 Å². The number of nitrogens with zero attached hydrogens (tertiary/aromatic N) is 3. The predicted molar refractivity (Wildman–Crippen MR) is 74.4 cm³/mol. The second-order valence-corrected chi connectivity index (χ2v) is 4.23. The summed E-state index contributed by atoms with van der Waals surface area (Å²) in [7, 11) is 1.55. The van der Waals surface area contributed by atoms with Crippen LogP contribution in [0.25, 0.3) is 11.2 Å². The van der Waals surface area contributed by atoms with Gasteiger partial charge in [0.05, 0.1) is 13.7 Å². The highest BCUT2D eigenvalue weighted by atomic mass is 16.5. The zero-order valence-electron chi connectivity index (χ0n) is 11.6. The first kappa shape index (κ1) is 14.1. The van der Waals surface area contributed by atoms with Gasteiger partial charge in [-0.3, -0.25) is 9.36 Å². The van der Waals surface area contributed by atoms with E-state index in [4.69, 9.17) is 15.2 Å². The van der Waals surface area contributed by atoms with Gasteiger partial charge in [-0.05, 0) is 19.4 Å². The monoisotopic (exact) mass is 278 g/mol. The van der Waals surface area contributed by atoms with Gasteiger partial charge in [0.15, 0.2) is 5.65 Å². The van der Waals surface area contributed by atoms with E-state index in [0.717, 1.165) is 0 Å². The van der Waals surface area contributed by atoms with Gasteiger partial charge in [-0.15, -0.1) is 0 Å². The number of hydrogen-bond acceptors (Lipinski definition) is 6. The average Bonchev–Trinajstić information content (AvgIpc) is 2.74. The van der Waals surface area contributed by atoms with Crippen LogP contribution in [0.3, 0.4) is 0 Å². The summed E-state index contributed by atoms with van der Waals surface area (Å²) in [5.41, 5.74) is 7.24. The zero-order chi connectivity index (χ0) is 14.5. The second kappa shape index (κ2) is 6.23. The summed E-state index contributed by atoms with van der Waals surface area (Å²) in [6.45, 7) is 2.74. The number of methoxy groups -OCH3 is 1. The summed E-state index contributed by atoms with van der Waals surface area (Å²) >= 11 is 0. The minimum atomic E-state index is -0.207. The maximum Gasteiger partial charge on any atom is 0.305 e. The molecule has 108 valence electrons. The summed E-state index contributed by atoms with van der Waals surface area (Å²) in [4.78, 5) is 19.9. The Labute approximate surface area is 116 Å². The number of carbonyl (C=O) groups excluding carboxylic acids is 1. The molecule has 0 bridgehead atoms. The highest BCUT2D eigenvalue weighted by molar-refractivity contribution is 5.75. The number of pyridine rings is 1. The number of hydrogen-bond donors (Lipinski definition) is 1. The Morgan fingerprint density at radius 3 is 2.90 bits per heavy atom. The van der Waals surface area contributed by atoms with Crippen molar-refractivity contribution < 1.29 is 14.3 Å². The zero-order valence-corrected chi connectivity index (χ0v) is 11.6. The number of imidazole rings is 1. The minimum Gasteiger partial charge on any atom is -0.481 e. The molecule has 0 aliphatic rings. The summed E-state index contributed by atoms with van der Waals surface area (Å²) < 4.78 is 11.8. The summed E-state index contributed by atoms with van der Waals surface area (Å²) in [6, 6.07) is 3.54. The lowest BCUT2D eigenvalue weighted by Gasteiger charge is -2.06. The highest BCUT2D eigenvalue weighted by Crippen LogP contribution is 2.19. The number of rotatable bonds is 6. The van der Waals surface area contributed by atoms with E-state index in [1.807, 2.05) is 0 Å². The van der Waals surface area contributed by atoms with Crippen molar-refractivity contribution in [1.82, 2.24) is 14.5 Å². The fourth-order valence-corrected chi connectivity index (χ4v) is 1.95. The van der Waals surface area contributed by atoms with Gasteiger partial charge >= 0.3 is 5.97 Å². The maximum absolute atomic E-state index is 11.3. The Morgan fingerprint density at radius 2 is 2.20 bits per heavy atom. The van der Waals surface area contributed by atoms with Crippen LogP contribution >= 0.6 is 0 Å². The Kier molecular flexibility index (Phi) is 4.39. The molecule has 2 rings (SSSR count). The third-order valence-corrected chi connectivity index (χ3v) is 2.87. The van der Waals surface area contributed by atoms with Gasteiger partial charge in [0.2, 0.25) is 11.8 Å². The van der Waals surface area contributed by atoms with E-state index < -0.39 is 0 Å². The number of nitrogen functional groups attached to an aromatic ring is 1. The number of nitrogens with two attached hydrogens (primary N) is 1. The number of anilines is 1. The number of fused-ring (bicyclic) bond motifs is 1. The molecular weight excluding hydrogens is 260 g/mol. The molecule has 2 N–H and O–H groups in total. The Bertz CT molecular complexity index is 609. The lowest BCUT2D eigenvalue weighted by molar-refractivity contribution is -0.143. The first-order chi connectivity index (χ1) is 9.65. The van der Waals surface area contributed by atoms with Crippen molar-refractivity contribution in [2.24, 2.45) is 0 Å². The SMILES string of the molecule is CCOC(=O)CCCn1c(N)nc2ccc(OC)nc21. The molecule has 0 amide bonds. The van der Waals surface area contributed by atoms with E-state index in [-0.39, 0.29) is 5.97 Å². The largest absolute Gasteiger partial charge is 0.481 e. The molecule has 0 aromatic carbocycles. The van der Waals surface area contributed by atoms with Crippen molar-refractivity contribution in [3.63, 3.8) is 0 Å². The molecule has 0 unspecified atom stereocenters. The molecule has 0 saturated heterocycles. The lowest BCUT2D eigenvalue weighted by atomic mass is 10.3. The van der Waals surface area contributed by atoms with Crippen LogP contribution < -0.4 is 10.5 Å². The van der Waals surface area contributed by atoms with Crippen LogP contribution in [0.5, 0.6) is 5.88 Å². The molecule has 0 spiro atoms. The second-order valence-electron chi connectivity index (χ2n) is 4.23. The van der Waals surface area contributed by atoms with E-state index in [1.54, 1.807) is 30.7 Å². The molecule has 7 nitrogen and oxygen atoms in total. The Hall–Kier alpha value is -2.31. The van der Waals surface area contributed by atoms with Crippen LogP contribution in [0.15, 0.2) is 12.1 Å². The molecule has 0 saturated carbocycles. The van der Waals surface area contributed by atoms with Gasteiger partial charge in [0.25, 0.3) is 0 Å². The van der Waals surface area contributed by atoms with Gasteiger partial charge in [-0.1, -0.05) is 0 Å². The van der Waals surface area contributed by atoms with Gasteiger partial charge in [-0.2, -0.15) is 4.98 Å². The predicted octanol–water partition coefficient (Wildman–Crippen LogP) is 1.37. The number of carbonyl (C=O) groups is 1. The fourth-order valence-electron chi connectivity index (χ4n) is 1.95. The third kappa shape index (κ3) is 2.98. The Morgan fingerprint density at radius 1 is 1.40 bits per heavy atom. The minimum absolute atomic E-state index is 0.207. The van der Waals surface area contributed by atoms with Crippen molar-refractivity contribution in [2.75, 3.05) is 19.5 Å². The number of aromatic nitrogens is 3. The lowest BCUT2D eigenvalue weighted by Crippen LogP contribution is -2.08. The maximum atomic E-state index is 11.3. The van der Waals surface area contributed by atoms with Gasteiger partial charge in [0.1, 0.15) is 5.52 Å². The molecule has 0 aliphatic heterocycles. The summed E-state index contributed by atoms with van der Waals surface area (Å²) in [5.74, 6) is 0.676. The molecule has 0 radical (unpaired) electrons. The van der Waals surface area contributed by atoms with Crippen LogP contribution in [0, 0.1) is 0 Å². The van der Waals surface area contributed by atoms with Crippen molar-refractivity contribution in [2.45, 2.75) is 26.3 Å². The molecule has 0 fully saturated rings. The number of esters is 1. The average molecular weight is 278 g/mol. The highest BCUT2D eigenvalue weighted by Gasteiger charge is 2.11. The van der Waals surface area contributed by atoms with Crippen LogP contribution in [0.4, 0.5) is 5.95 Å². The summed E-state index contributed by atoms with van der Waals surface area (Å²) in [6.07, 6.45) is 0.963. The van der Waals surface area contributed by atoms with Crippen molar-refractivity contribution in [3.8, 4) is 5.88 Å². The topological polar surface area (TPSA) is 92.3 Å². The van der Waals surface area contributed by atoms with Gasteiger partial charge in [0, 0.05) is 19.0 Å². The molecule has 2 aromatic heterocycles. The molecule has 0 atom stereocenters. The van der Waals surface area contributed by atoms with E-state index in [9.17, 15) is 4.79 Å². The van der Waals surface area contributed by atoms with Gasteiger partial charge in [-0.25, -0.2) is 4.98 Å². The van der Waals surface area contributed by atoms with Crippen LogP contribution in [-0.4, -0.2) is 34.2 Å².